The van der Waals surface area contributed by atoms with Crippen molar-refractivity contribution in [2.45, 2.75) is 25.5 Å². The smallest absolute Gasteiger partial charge is 0.238 e. The molecule has 2 aromatic rings. The first-order chi connectivity index (χ1) is 12.1. The molecule has 1 saturated heterocycles. The van der Waals surface area contributed by atoms with E-state index in [-0.39, 0.29) is 12.6 Å². The average Bonchev–Trinajstić information content (AvgIpc) is 3.25. The molecule has 0 bridgehead atoms. The Hall–Kier alpha value is -1.83. The predicted molar refractivity (Wildman–Crippen MR) is 93.6 cm³/mol. The van der Waals surface area contributed by atoms with Gasteiger partial charge in [-0.1, -0.05) is 12.1 Å². The Morgan fingerprint density at radius 1 is 1.28 bits per heavy atom. The molecule has 1 N–H and O–H groups in total. The number of nitrogens with zero attached hydrogens (tertiary/aromatic N) is 1. The molecule has 1 unspecified atom stereocenters. The van der Waals surface area contributed by atoms with E-state index in [1.165, 1.54) is 6.07 Å². The number of thiophene rings is 1. The molecule has 1 aliphatic rings. The Kier molecular flexibility index (Phi) is 6.12. The van der Waals surface area contributed by atoms with Crippen molar-refractivity contribution in [3.05, 3.63) is 52.2 Å². The lowest BCUT2D eigenvalue weighted by Gasteiger charge is -2.24. The van der Waals surface area contributed by atoms with E-state index in [2.05, 4.69) is 5.32 Å². The Bertz CT molecular complexity index is 683. The van der Waals surface area contributed by atoms with Crippen LogP contribution in [0.2, 0.25) is 0 Å². The molecule has 1 amide bonds. The lowest BCUT2D eigenvalue weighted by Crippen LogP contribution is -2.38. The summed E-state index contributed by atoms with van der Waals surface area (Å²) in [5.74, 6) is -2.01. The SMILES string of the molecule is O=C(CN(Cc1cccs1)CC1CCCO1)Nc1c(F)cccc1F. The molecule has 0 saturated carbocycles. The molecule has 0 radical (unpaired) electrons. The molecule has 1 aromatic carbocycles. The highest BCUT2D eigenvalue weighted by Gasteiger charge is 2.22. The van der Waals surface area contributed by atoms with Crippen LogP contribution in [0.1, 0.15) is 17.7 Å². The fourth-order valence-corrected chi connectivity index (χ4v) is 3.63. The van der Waals surface area contributed by atoms with Gasteiger partial charge < -0.3 is 10.1 Å². The van der Waals surface area contributed by atoms with Gasteiger partial charge in [-0.2, -0.15) is 0 Å². The van der Waals surface area contributed by atoms with Gasteiger partial charge in [-0.25, -0.2) is 8.78 Å². The van der Waals surface area contributed by atoms with E-state index in [1.54, 1.807) is 11.3 Å². The van der Waals surface area contributed by atoms with Gasteiger partial charge in [0.2, 0.25) is 5.91 Å². The first-order valence-corrected chi connectivity index (χ1v) is 9.10. The Labute approximate surface area is 149 Å². The van der Waals surface area contributed by atoms with Crippen LogP contribution in [0.5, 0.6) is 0 Å². The number of benzene rings is 1. The summed E-state index contributed by atoms with van der Waals surface area (Å²) in [6, 6.07) is 7.46. The van der Waals surface area contributed by atoms with Crippen LogP contribution < -0.4 is 5.32 Å². The third-order valence-electron chi connectivity index (χ3n) is 4.04. The minimum atomic E-state index is -0.780. The van der Waals surface area contributed by atoms with Gasteiger partial charge in [0.1, 0.15) is 17.3 Å². The minimum absolute atomic E-state index is 0.0472. The molecular formula is C18H20F2N2O2S. The number of nitrogens with one attached hydrogen (secondary N) is 1. The van der Waals surface area contributed by atoms with Crippen LogP contribution in [0.3, 0.4) is 0 Å². The maximum Gasteiger partial charge on any atom is 0.238 e. The molecule has 1 atom stereocenters. The number of amides is 1. The molecule has 3 rings (SSSR count). The summed E-state index contributed by atoms with van der Waals surface area (Å²) in [6.07, 6.45) is 2.08. The Morgan fingerprint density at radius 2 is 2.08 bits per heavy atom. The second-order valence-electron chi connectivity index (χ2n) is 6.03. The number of para-hydroxylation sites is 1. The normalized spacial score (nSPS) is 17.2. The van der Waals surface area contributed by atoms with Crippen molar-refractivity contribution >= 4 is 22.9 Å². The fraction of sp³-hybridized carbons (Fsp3) is 0.389. The van der Waals surface area contributed by atoms with Gasteiger partial charge in [-0.05, 0) is 36.4 Å². The summed E-state index contributed by atoms with van der Waals surface area (Å²) in [6.45, 7) is 2.01. The van der Waals surface area contributed by atoms with Crippen molar-refractivity contribution < 1.29 is 18.3 Å². The van der Waals surface area contributed by atoms with E-state index >= 15 is 0 Å². The number of carbonyl (C=O) groups excluding carboxylic acids is 1. The minimum Gasteiger partial charge on any atom is -0.377 e. The number of ether oxygens (including phenoxy) is 1. The van der Waals surface area contributed by atoms with E-state index in [0.717, 1.165) is 36.5 Å². The average molecular weight is 366 g/mol. The monoisotopic (exact) mass is 366 g/mol. The van der Waals surface area contributed by atoms with Crippen molar-refractivity contribution in [2.24, 2.45) is 0 Å². The van der Waals surface area contributed by atoms with Gasteiger partial charge in [0, 0.05) is 24.6 Å². The van der Waals surface area contributed by atoms with Crippen molar-refractivity contribution in [3.63, 3.8) is 0 Å². The Balaban J connectivity index is 1.64. The van der Waals surface area contributed by atoms with E-state index in [1.807, 2.05) is 22.4 Å². The molecule has 2 heterocycles. The molecular weight excluding hydrogens is 346 g/mol. The largest absolute Gasteiger partial charge is 0.377 e. The maximum atomic E-state index is 13.7. The zero-order valence-corrected chi connectivity index (χ0v) is 14.5. The van der Waals surface area contributed by atoms with Crippen molar-refractivity contribution in [1.29, 1.82) is 0 Å². The van der Waals surface area contributed by atoms with Crippen molar-refractivity contribution in [3.8, 4) is 0 Å². The van der Waals surface area contributed by atoms with E-state index in [0.29, 0.717) is 13.1 Å². The number of anilines is 1. The highest BCUT2D eigenvalue weighted by atomic mass is 32.1. The van der Waals surface area contributed by atoms with Crippen LogP contribution in [0, 0.1) is 11.6 Å². The van der Waals surface area contributed by atoms with Crippen LogP contribution in [-0.2, 0) is 16.1 Å². The number of hydrogen-bond donors (Lipinski definition) is 1. The first kappa shape index (κ1) is 18.0. The third-order valence-corrected chi connectivity index (χ3v) is 4.90. The second kappa shape index (κ2) is 8.51. The van der Waals surface area contributed by atoms with Gasteiger partial charge in [0.05, 0.1) is 12.6 Å². The van der Waals surface area contributed by atoms with E-state index in [9.17, 15) is 13.6 Å². The van der Waals surface area contributed by atoms with Crippen LogP contribution in [0.15, 0.2) is 35.7 Å². The molecule has 134 valence electrons. The van der Waals surface area contributed by atoms with E-state index < -0.39 is 23.2 Å². The standard InChI is InChI=1S/C18H20F2N2O2S/c19-15-6-1-7-16(20)18(15)21-17(23)12-22(10-13-4-2-8-24-13)11-14-5-3-9-25-14/h1,3,5-7,9,13H,2,4,8,10-12H2,(H,21,23). The van der Waals surface area contributed by atoms with E-state index in [4.69, 9.17) is 4.74 Å². The molecule has 1 aliphatic heterocycles. The quantitative estimate of drug-likeness (QED) is 0.813. The molecule has 1 aromatic heterocycles. The highest BCUT2D eigenvalue weighted by Crippen LogP contribution is 2.19. The van der Waals surface area contributed by atoms with Crippen molar-refractivity contribution in [1.82, 2.24) is 4.90 Å². The molecule has 4 nitrogen and oxygen atoms in total. The summed E-state index contributed by atoms with van der Waals surface area (Å²) in [4.78, 5) is 15.4. The molecule has 1 fully saturated rings. The summed E-state index contributed by atoms with van der Waals surface area (Å²) in [7, 11) is 0. The van der Waals surface area contributed by atoms with Crippen molar-refractivity contribution in [2.75, 3.05) is 25.0 Å². The van der Waals surface area contributed by atoms with Crippen LogP contribution in [0.4, 0.5) is 14.5 Å². The second-order valence-corrected chi connectivity index (χ2v) is 7.06. The zero-order valence-electron chi connectivity index (χ0n) is 13.7. The number of carbonyl (C=O) groups is 1. The Morgan fingerprint density at radius 3 is 2.72 bits per heavy atom. The van der Waals surface area contributed by atoms with Crippen LogP contribution >= 0.6 is 11.3 Å². The summed E-state index contributed by atoms with van der Waals surface area (Å²) < 4.78 is 33.0. The lowest BCUT2D eigenvalue weighted by atomic mass is 10.2. The molecule has 0 aliphatic carbocycles. The third kappa shape index (κ3) is 5.07. The van der Waals surface area contributed by atoms with Gasteiger partial charge >= 0.3 is 0 Å². The number of hydrogen-bond acceptors (Lipinski definition) is 4. The van der Waals surface area contributed by atoms with Gasteiger partial charge in [0.15, 0.2) is 0 Å². The summed E-state index contributed by atoms with van der Waals surface area (Å²) in [5.41, 5.74) is -0.402. The fourth-order valence-electron chi connectivity index (χ4n) is 2.88. The number of halogens is 2. The first-order valence-electron chi connectivity index (χ1n) is 8.22. The van der Waals surface area contributed by atoms with Gasteiger partial charge in [-0.15, -0.1) is 11.3 Å². The maximum absolute atomic E-state index is 13.7. The predicted octanol–water partition coefficient (Wildman–Crippen LogP) is 3.65. The van der Waals surface area contributed by atoms with Crippen LogP contribution in [-0.4, -0.2) is 36.6 Å². The summed E-state index contributed by atoms with van der Waals surface area (Å²) >= 11 is 1.61. The highest BCUT2D eigenvalue weighted by molar-refractivity contribution is 7.09. The topological polar surface area (TPSA) is 41.6 Å². The molecule has 7 heteroatoms. The number of rotatable bonds is 7. The van der Waals surface area contributed by atoms with Crippen LogP contribution in [0.25, 0.3) is 0 Å². The molecule has 25 heavy (non-hydrogen) atoms. The van der Waals surface area contributed by atoms with Gasteiger partial charge in [-0.3, -0.25) is 9.69 Å². The van der Waals surface area contributed by atoms with Gasteiger partial charge in [0.25, 0.3) is 0 Å². The molecule has 0 spiro atoms. The summed E-state index contributed by atoms with van der Waals surface area (Å²) in [5, 5.41) is 4.33. The zero-order chi connectivity index (χ0) is 17.6. The lowest BCUT2D eigenvalue weighted by molar-refractivity contribution is -0.117.